The number of allylic oxidation sites excluding steroid dienone is 1. The normalized spacial score (nSPS) is 48.2. The molecule has 0 N–H and O–H groups in total. The minimum absolute atomic E-state index is 0.225. The number of rotatable bonds is 0. The number of hydrogen-bond donors (Lipinski definition) is 0. The number of Topliss-reactive ketones (excluding diaryl/α,β-unsaturated/α-hetero) is 1. The van der Waals surface area contributed by atoms with E-state index in [4.69, 9.17) is 4.74 Å². The number of carbonyl (C=O) groups is 1. The Morgan fingerprint density at radius 2 is 2.09 bits per heavy atom. The zero-order valence-corrected chi connectivity index (χ0v) is 6.89. The van der Waals surface area contributed by atoms with Gasteiger partial charge in [-0.25, -0.2) is 0 Å². The Balaban J connectivity index is 2.30. The lowest BCUT2D eigenvalue weighted by molar-refractivity contribution is -0.125. The topological polar surface area (TPSA) is 26.3 Å². The van der Waals surface area contributed by atoms with E-state index >= 15 is 0 Å². The van der Waals surface area contributed by atoms with Crippen LogP contribution in [-0.4, -0.2) is 11.4 Å². The number of hydrogen-bond acceptors (Lipinski definition) is 2. The van der Waals surface area contributed by atoms with Gasteiger partial charge in [0.1, 0.15) is 0 Å². The van der Waals surface area contributed by atoms with Gasteiger partial charge in [0.25, 0.3) is 0 Å². The molecule has 0 aromatic heterocycles. The largest absolute Gasteiger partial charge is 0.483 e. The predicted molar refractivity (Wildman–Crippen MR) is 40.9 cm³/mol. The van der Waals surface area contributed by atoms with Crippen LogP contribution in [0.2, 0.25) is 0 Å². The average Bonchev–Trinajstić information content (AvgIpc) is 2.36. The summed E-state index contributed by atoms with van der Waals surface area (Å²) in [6.07, 6.45) is 0.425. The van der Waals surface area contributed by atoms with E-state index in [-0.39, 0.29) is 5.78 Å². The van der Waals surface area contributed by atoms with Gasteiger partial charge in [0.2, 0.25) is 0 Å². The first-order valence-corrected chi connectivity index (χ1v) is 3.99. The van der Waals surface area contributed by atoms with Crippen LogP contribution in [0.15, 0.2) is 12.3 Å². The van der Waals surface area contributed by atoms with Crippen LogP contribution in [-0.2, 0) is 9.53 Å². The molecule has 2 nitrogen and oxygen atoms in total. The molecule has 1 aliphatic carbocycles. The van der Waals surface area contributed by atoms with Crippen LogP contribution in [0.4, 0.5) is 0 Å². The van der Waals surface area contributed by atoms with E-state index in [1.54, 1.807) is 0 Å². The van der Waals surface area contributed by atoms with Crippen molar-refractivity contribution in [3.05, 3.63) is 12.3 Å². The molecule has 2 atom stereocenters. The van der Waals surface area contributed by atoms with Crippen molar-refractivity contribution in [1.29, 1.82) is 0 Å². The number of carbonyl (C=O) groups excluding carboxylic acids is 1. The van der Waals surface area contributed by atoms with Gasteiger partial charge >= 0.3 is 0 Å². The van der Waals surface area contributed by atoms with Gasteiger partial charge < -0.3 is 4.74 Å². The first-order chi connectivity index (χ1) is 5.09. The Morgan fingerprint density at radius 3 is 2.27 bits per heavy atom. The van der Waals surface area contributed by atoms with Crippen LogP contribution >= 0.6 is 0 Å². The van der Waals surface area contributed by atoms with E-state index in [0.717, 1.165) is 0 Å². The van der Waals surface area contributed by atoms with Gasteiger partial charge in [-0.1, -0.05) is 20.4 Å². The lowest BCUT2D eigenvalue weighted by Gasteiger charge is -2.06. The van der Waals surface area contributed by atoms with Gasteiger partial charge in [-0.3, -0.25) is 4.79 Å². The molecule has 2 heteroatoms. The number of ketones is 1. The molecule has 11 heavy (non-hydrogen) atoms. The molecule has 0 aromatic rings. The van der Waals surface area contributed by atoms with Gasteiger partial charge in [0.15, 0.2) is 11.4 Å². The van der Waals surface area contributed by atoms with Gasteiger partial charge in [0.05, 0.1) is 12.2 Å². The monoisotopic (exact) mass is 152 g/mol. The Labute approximate surface area is 66.2 Å². The molecule has 60 valence electrons. The zero-order chi connectivity index (χ0) is 8.22. The third-order valence-corrected chi connectivity index (χ3v) is 3.10. The van der Waals surface area contributed by atoms with Gasteiger partial charge in [0, 0.05) is 11.8 Å². The lowest BCUT2D eigenvalue weighted by Crippen LogP contribution is -2.20. The minimum atomic E-state index is -0.447. The molecule has 2 unspecified atom stereocenters. The summed E-state index contributed by atoms with van der Waals surface area (Å²) >= 11 is 0. The standard InChI is InChI=1S/C9H12O2/c1-5-4-8(10)9(11-5)6(2)7(9)3/h6-7H,1,4H2,2-3H3. The fourth-order valence-corrected chi connectivity index (χ4v) is 2.08. The molecule has 2 rings (SSSR count). The fraction of sp³-hybridized carbons (Fsp3) is 0.667. The second kappa shape index (κ2) is 1.68. The number of ether oxygens (including phenoxy) is 1. The van der Waals surface area contributed by atoms with Crippen LogP contribution in [0.5, 0.6) is 0 Å². The van der Waals surface area contributed by atoms with Gasteiger partial charge in [-0.2, -0.15) is 0 Å². The second-order valence-corrected chi connectivity index (χ2v) is 3.61. The smallest absolute Gasteiger partial charge is 0.184 e. The summed E-state index contributed by atoms with van der Waals surface area (Å²) in [4.78, 5) is 11.4. The first kappa shape index (κ1) is 6.89. The van der Waals surface area contributed by atoms with Crippen molar-refractivity contribution in [2.24, 2.45) is 11.8 Å². The minimum Gasteiger partial charge on any atom is -0.483 e. The molecular weight excluding hydrogens is 140 g/mol. The van der Waals surface area contributed by atoms with Crippen LogP contribution in [0.1, 0.15) is 20.3 Å². The van der Waals surface area contributed by atoms with Gasteiger partial charge in [-0.15, -0.1) is 0 Å². The van der Waals surface area contributed by atoms with Crippen molar-refractivity contribution in [1.82, 2.24) is 0 Å². The van der Waals surface area contributed by atoms with E-state index in [1.165, 1.54) is 0 Å². The molecule has 0 amide bonds. The van der Waals surface area contributed by atoms with Crippen LogP contribution in [0.3, 0.4) is 0 Å². The van der Waals surface area contributed by atoms with E-state index in [1.807, 2.05) is 0 Å². The van der Waals surface area contributed by atoms with Crippen molar-refractivity contribution in [3.63, 3.8) is 0 Å². The van der Waals surface area contributed by atoms with Crippen LogP contribution in [0.25, 0.3) is 0 Å². The van der Waals surface area contributed by atoms with Crippen molar-refractivity contribution < 1.29 is 9.53 Å². The van der Waals surface area contributed by atoms with E-state index < -0.39 is 5.60 Å². The summed E-state index contributed by atoms with van der Waals surface area (Å²) in [5, 5.41) is 0. The summed E-state index contributed by atoms with van der Waals surface area (Å²) in [5.74, 6) is 1.64. The highest BCUT2D eigenvalue weighted by molar-refractivity contribution is 5.95. The summed E-state index contributed by atoms with van der Waals surface area (Å²) < 4.78 is 5.45. The molecule has 1 heterocycles. The second-order valence-electron chi connectivity index (χ2n) is 3.61. The Hall–Kier alpha value is -0.790. The maximum atomic E-state index is 11.4. The Kier molecular flexibility index (Phi) is 1.05. The molecule has 0 bridgehead atoms. The molecule has 0 radical (unpaired) electrons. The van der Waals surface area contributed by atoms with Crippen LogP contribution in [0, 0.1) is 11.8 Å². The SMILES string of the molecule is C=C1CC(=O)C2(O1)C(C)C2C. The molecule has 1 saturated heterocycles. The van der Waals surface area contributed by atoms with Crippen LogP contribution < -0.4 is 0 Å². The Bertz CT molecular complexity index is 234. The van der Waals surface area contributed by atoms with Crippen molar-refractivity contribution in [3.8, 4) is 0 Å². The lowest BCUT2D eigenvalue weighted by atomic mass is 10.1. The fourth-order valence-electron chi connectivity index (χ4n) is 2.08. The van der Waals surface area contributed by atoms with E-state index in [0.29, 0.717) is 24.0 Å². The third-order valence-electron chi connectivity index (χ3n) is 3.10. The van der Waals surface area contributed by atoms with E-state index in [9.17, 15) is 4.79 Å². The summed E-state index contributed by atoms with van der Waals surface area (Å²) in [7, 11) is 0. The zero-order valence-electron chi connectivity index (χ0n) is 6.89. The highest BCUT2D eigenvalue weighted by Crippen LogP contribution is 2.58. The molecule has 1 spiro atoms. The molecule has 1 aliphatic heterocycles. The quantitative estimate of drug-likeness (QED) is 0.526. The summed E-state index contributed by atoms with van der Waals surface area (Å²) in [6, 6.07) is 0. The molecule has 1 saturated carbocycles. The maximum Gasteiger partial charge on any atom is 0.184 e. The predicted octanol–water partition coefficient (Wildman–Crippen LogP) is 1.51. The highest BCUT2D eigenvalue weighted by Gasteiger charge is 2.69. The molecule has 2 aliphatic rings. The summed E-state index contributed by atoms with van der Waals surface area (Å²) in [5.41, 5.74) is -0.447. The maximum absolute atomic E-state index is 11.4. The molecule has 2 fully saturated rings. The van der Waals surface area contributed by atoms with Crippen molar-refractivity contribution in [2.75, 3.05) is 0 Å². The molecule has 0 aromatic carbocycles. The first-order valence-electron chi connectivity index (χ1n) is 3.99. The highest BCUT2D eigenvalue weighted by atomic mass is 16.5. The van der Waals surface area contributed by atoms with E-state index in [2.05, 4.69) is 20.4 Å². The summed E-state index contributed by atoms with van der Waals surface area (Å²) in [6.45, 7) is 7.78. The average molecular weight is 152 g/mol. The molecular formula is C9H12O2. The van der Waals surface area contributed by atoms with Crippen molar-refractivity contribution >= 4 is 5.78 Å². The third kappa shape index (κ3) is 0.602. The van der Waals surface area contributed by atoms with Gasteiger partial charge in [-0.05, 0) is 0 Å². The Morgan fingerprint density at radius 1 is 1.55 bits per heavy atom. The van der Waals surface area contributed by atoms with Crippen molar-refractivity contribution in [2.45, 2.75) is 25.9 Å².